The van der Waals surface area contributed by atoms with Gasteiger partial charge in [-0.25, -0.2) is 0 Å². The van der Waals surface area contributed by atoms with E-state index in [0.717, 1.165) is 0 Å². The summed E-state index contributed by atoms with van der Waals surface area (Å²) in [6.45, 7) is -6.43. The molecule has 0 radical (unpaired) electrons. The van der Waals surface area contributed by atoms with Crippen LogP contribution < -0.4 is 0 Å². The number of aliphatic hydroxyl groups is 1. The fraction of sp³-hybridized carbons (Fsp3) is 0.632. The van der Waals surface area contributed by atoms with E-state index in [1.54, 1.807) is 30.3 Å². The van der Waals surface area contributed by atoms with Crippen molar-refractivity contribution in [2.24, 2.45) is 0 Å². The molecule has 0 aliphatic carbocycles. The van der Waals surface area contributed by atoms with Crippen LogP contribution in [0.15, 0.2) is 30.3 Å². The topological polar surface area (TPSA) is 49.8 Å². The number of rotatable bonds is 5. The summed E-state index contributed by atoms with van der Waals surface area (Å²) in [5.41, 5.74) is 0.639. The van der Waals surface area contributed by atoms with E-state index < -0.39 is 56.4 Å². The van der Waals surface area contributed by atoms with Gasteiger partial charge in [0.1, 0.15) is 12.0 Å². The van der Waals surface area contributed by atoms with Gasteiger partial charge in [-0.05, 0) is 32.1 Å². The summed E-state index contributed by atoms with van der Waals surface area (Å²) < 4.78 is 60.7. The predicted molar refractivity (Wildman–Crippen MR) is 89.2 cm³/mol. The maximum atomic E-state index is 12.7. The molecule has 4 nitrogen and oxygen atoms in total. The third-order valence-corrected chi connectivity index (χ3v) is 4.90. The SMILES string of the molecule is [2H]C([2H])([2H])C([2H])(N1[C@@H]2CC[C@H]1CC(OC(=O)C(CO)c1ccccc1)C2)C([2H])([2H])[2H]. The lowest BCUT2D eigenvalue weighted by Gasteiger charge is -2.41. The van der Waals surface area contributed by atoms with E-state index >= 15 is 0 Å². The number of piperidine rings is 1. The Hall–Kier alpha value is -1.39. The van der Waals surface area contributed by atoms with E-state index in [2.05, 4.69) is 0 Å². The molecule has 0 saturated carbocycles. The minimum absolute atomic E-state index is 0.266. The molecule has 2 bridgehead atoms. The summed E-state index contributed by atoms with van der Waals surface area (Å²) in [6, 6.07) is 5.15. The molecule has 0 spiro atoms. The second-order valence-electron chi connectivity index (χ2n) is 6.32. The fourth-order valence-electron chi connectivity index (χ4n) is 3.84. The van der Waals surface area contributed by atoms with Gasteiger partial charge >= 0.3 is 5.97 Å². The van der Waals surface area contributed by atoms with Gasteiger partial charge in [-0.2, -0.15) is 0 Å². The Morgan fingerprint density at radius 3 is 2.57 bits per heavy atom. The smallest absolute Gasteiger partial charge is 0.316 e. The Morgan fingerprint density at radius 2 is 2.00 bits per heavy atom. The highest BCUT2D eigenvalue weighted by Crippen LogP contribution is 2.38. The molecule has 1 aromatic rings. The lowest BCUT2D eigenvalue weighted by atomic mass is 9.97. The van der Waals surface area contributed by atoms with Crippen LogP contribution >= 0.6 is 0 Å². The molecule has 2 fully saturated rings. The Morgan fingerprint density at radius 1 is 1.35 bits per heavy atom. The van der Waals surface area contributed by atoms with Gasteiger partial charge in [0.25, 0.3) is 0 Å². The highest BCUT2D eigenvalue weighted by molar-refractivity contribution is 5.78. The summed E-state index contributed by atoms with van der Waals surface area (Å²) >= 11 is 0. The molecule has 3 rings (SSSR count). The maximum absolute atomic E-state index is 12.7. The van der Waals surface area contributed by atoms with Crippen molar-refractivity contribution >= 4 is 5.97 Å². The Bertz CT molecular complexity index is 725. The Labute approximate surface area is 148 Å². The van der Waals surface area contributed by atoms with Crippen LogP contribution in [0.25, 0.3) is 0 Å². The van der Waals surface area contributed by atoms with E-state index in [4.69, 9.17) is 14.3 Å². The standard InChI is InChI=1S/C19H27NO3/c1-13(2)20-15-8-9-16(20)11-17(10-15)23-19(22)18(12-21)14-6-4-3-5-7-14/h3-7,13,15-18,21H,8-12H2,1-2H3/t15-,16+,17?,18?/i1D3,2D3,13D. The Kier molecular flexibility index (Phi) is 2.99. The first-order valence-corrected chi connectivity index (χ1v) is 8.05. The van der Waals surface area contributed by atoms with Crippen molar-refractivity contribution in [2.75, 3.05) is 6.61 Å². The summed E-state index contributed by atoms with van der Waals surface area (Å²) in [7, 11) is 0. The third kappa shape index (κ3) is 3.43. The molecule has 2 aliphatic rings. The van der Waals surface area contributed by atoms with Crippen LogP contribution in [0.5, 0.6) is 0 Å². The van der Waals surface area contributed by atoms with Crippen molar-refractivity contribution in [1.29, 1.82) is 0 Å². The summed E-state index contributed by atoms with van der Waals surface area (Å²) in [5.74, 6) is -1.38. The first-order chi connectivity index (χ1) is 13.9. The van der Waals surface area contributed by atoms with Gasteiger partial charge in [-0.15, -0.1) is 0 Å². The number of carbonyl (C=O) groups excluding carboxylic acids is 1. The summed E-state index contributed by atoms with van der Waals surface area (Å²) in [5, 5.41) is 9.66. The number of esters is 1. The van der Waals surface area contributed by atoms with E-state index in [1.165, 1.54) is 4.90 Å². The number of fused-ring (bicyclic) bond motifs is 2. The normalized spacial score (nSPS) is 34.8. The molecule has 2 saturated heterocycles. The molecule has 0 amide bonds. The van der Waals surface area contributed by atoms with E-state index in [0.29, 0.717) is 18.4 Å². The minimum atomic E-state index is -3.02. The van der Waals surface area contributed by atoms with Crippen molar-refractivity contribution in [1.82, 2.24) is 4.90 Å². The van der Waals surface area contributed by atoms with Gasteiger partial charge in [0.15, 0.2) is 0 Å². The predicted octanol–water partition coefficient (Wildman–Crippen LogP) is 2.71. The molecule has 0 aromatic heterocycles. The zero-order valence-corrected chi connectivity index (χ0v) is 12.9. The average Bonchev–Trinajstić information content (AvgIpc) is 2.91. The fourth-order valence-corrected chi connectivity index (χ4v) is 3.84. The van der Waals surface area contributed by atoms with Gasteiger partial charge in [-0.3, -0.25) is 9.69 Å². The quantitative estimate of drug-likeness (QED) is 0.846. The van der Waals surface area contributed by atoms with E-state index in [1.807, 2.05) is 0 Å². The summed E-state index contributed by atoms with van der Waals surface area (Å²) in [6.07, 6.45) is 1.12. The van der Waals surface area contributed by atoms with Crippen LogP contribution in [0.4, 0.5) is 0 Å². The number of ether oxygens (including phenoxy) is 1. The van der Waals surface area contributed by atoms with Crippen LogP contribution in [-0.4, -0.2) is 46.8 Å². The molecule has 2 heterocycles. The van der Waals surface area contributed by atoms with Crippen LogP contribution in [-0.2, 0) is 9.53 Å². The maximum Gasteiger partial charge on any atom is 0.316 e. The molecular weight excluding hydrogens is 290 g/mol. The number of hydrogen-bond acceptors (Lipinski definition) is 4. The van der Waals surface area contributed by atoms with Crippen LogP contribution in [0.3, 0.4) is 0 Å². The minimum Gasteiger partial charge on any atom is -0.462 e. The number of carbonyl (C=O) groups is 1. The number of benzene rings is 1. The highest BCUT2D eigenvalue weighted by Gasteiger charge is 2.43. The molecule has 1 aromatic carbocycles. The van der Waals surface area contributed by atoms with Crippen LogP contribution in [0, 0.1) is 0 Å². The van der Waals surface area contributed by atoms with Gasteiger partial charge in [-0.1, -0.05) is 30.3 Å². The van der Waals surface area contributed by atoms with Gasteiger partial charge in [0.05, 0.1) is 6.61 Å². The second-order valence-corrected chi connectivity index (χ2v) is 6.32. The number of nitrogens with zero attached hydrogens (tertiary/aromatic N) is 1. The lowest BCUT2D eigenvalue weighted by molar-refractivity contribution is -0.155. The average molecular weight is 324 g/mol. The van der Waals surface area contributed by atoms with Gasteiger partial charge < -0.3 is 9.84 Å². The molecule has 1 N–H and O–H groups in total. The highest BCUT2D eigenvalue weighted by atomic mass is 16.5. The van der Waals surface area contributed by atoms with Crippen molar-refractivity contribution < 1.29 is 24.2 Å². The number of hydrogen-bond donors (Lipinski definition) is 1. The lowest BCUT2D eigenvalue weighted by Crippen LogP contribution is -2.49. The van der Waals surface area contributed by atoms with E-state index in [-0.39, 0.29) is 12.8 Å². The molecule has 4 atom stereocenters. The molecule has 4 heteroatoms. The van der Waals surface area contributed by atoms with Crippen molar-refractivity contribution in [3.8, 4) is 0 Å². The van der Waals surface area contributed by atoms with Crippen molar-refractivity contribution in [3.63, 3.8) is 0 Å². The monoisotopic (exact) mass is 324 g/mol. The van der Waals surface area contributed by atoms with Crippen LogP contribution in [0.2, 0.25) is 0 Å². The first-order valence-electron chi connectivity index (χ1n) is 11.5. The van der Waals surface area contributed by atoms with Gasteiger partial charge in [0, 0.05) is 40.5 Å². The second kappa shape index (κ2) is 7.02. The third-order valence-electron chi connectivity index (χ3n) is 4.90. The molecule has 2 unspecified atom stereocenters. The van der Waals surface area contributed by atoms with Crippen LogP contribution in [0.1, 0.15) is 60.5 Å². The molecule has 23 heavy (non-hydrogen) atoms. The largest absolute Gasteiger partial charge is 0.462 e. The Balaban J connectivity index is 1.76. The summed E-state index contributed by atoms with van der Waals surface area (Å²) in [4.78, 5) is 14.0. The van der Waals surface area contributed by atoms with Crippen molar-refractivity contribution in [3.05, 3.63) is 35.9 Å². The number of aliphatic hydroxyl groups excluding tert-OH is 1. The molecule has 2 aliphatic heterocycles. The molecular formula is C19H27NO3. The zero-order chi connectivity index (χ0) is 22.3. The zero-order valence-electron chi connectivity index (χ0n) is 19.9. The molecule has 126 valence electrons. The van der Waals surface area contributed by atoms with Gasteiger partial charge in [0.2, 0.25) is 0 Å². The van der Waals surface area contributed by atoms with E-state index in [9.17, 15) is 9.90 Å². The van der Waals surface area contributed by atoms with Crippen molar-refractivity contribution in [2.45, 2.75) is 69.5 Å². The first kappa shape index (κ1) is 9.80.